The summed E-state index contributed by atoms with van der Waals surface area (Å²) in [6, 6.07) is 10.7. The van der Waals surface area contributed by atoms with E-state index >= 15 is 0 Å². The number of ether oxygens (including phenoxy) is 2. The maximum atomic E-state index is 12.5. The van der Waals surface area contributed by atoms with Gasteiger partial charge in [-0.25, -0.2) is 8.42 Å². The Kier molecular flexibility index (Phi) is 7.15. The molecule has 0 saturated carbocycles. The minimum Gasteiger partial charge on any atom is -0.493 e. The molecule has 1 unspecified atom stereocenters. The van der Waals surface area contributed by atoms with Gasteiger partial charge in [0.1, 0.15) is 5.78 Å². The number of carbonyl (C=O) groups is 2. The average molecular weight is 445 g/mol. The summed E-state index contributed by atoms with van der Waals surface area (Å²) < 4.78 is 35.6. The highest BCUT2D eigenvalue weighted by Gasteiger charge is 2.30. The van der Waals surface area contributed by atoms with Crippen LogP contribution in [-0.4, -0.2) is 33.0 Å². The monoisotopic (exact) mass is 444 g/mol. The number of esters is 1. The molecule has 7 heteroatoms. The lowest BCUT2D eigenvalue weighted by atomic mass is 9.90. The zero-order valence-corrected chi connectivity index (χ0v) is 19.0. The van der Waals surface area contributed by atoms with Gasteiger partial charge in [0.05, 0.1) is 17.8 Å². The van der Waals surface area contributed by atoms with Crippen LogP contribution in [0.1, 0.15) is 55.2 Å². The predicted octanol–water partition coefficient (Wildman–Crippen LogP) is 4.17. The van der Waals surface area contributed by atoms with Crippen molar-refractivity contribution in [2.24, 2.45) is 0 Å². The second-order valence-corrected chi connectivity index (χ2v) is 10.1. The third-order valence-corrected chi connectivity index (χ3v) is 7.40. The first kappa shape index (κ1) is 23.0. The Labute approximate surface area is 183 Å². The van der Waals surface area contributed by atoms with Crippen molar-refractivity contribution in [2.75, 3.05) is 12.9 Å². The number of benzene rings is 2. The maximum Gasteiger partial charge on any atom is 0.311 e. The van der Waals surface area contributed by atoms with E-state index in [1.165, 1.54) is 7.11 Å². The first-order valence-electron chi connectivity index (χ1n) is 10.4. The summed E-state index contributed by atoms with van der Waals surface area (Å²) in [5.74, 6) is 0.597. The van der Waals surface area contributed by atoms with Gasteiger partial charge in [-0.05, 0) is 68.4 Å². The number of sulfone groups is 1. The van der Waals surface area contributed by atoms with Crippen molar-refractivity contribution in [3.63, 3.8) is 0 Å². The minimum atomic E-state index is -3.26. The smallest absolute Gasteiger partial charge is 0.311 e. The summed E-state index contributed by atoms with van der Waals surface area (Å²) in [6.45, 7) is 3.48. The molecule has 1 heterocycles. The minimum absolute atomic E-state index is 0.00169. The van der Waals surface area contributed by atoms with Gasteiger partial charge in [-0.3, -0.25) is 4.79 Å². The molecular weight excluding hydrogens is 416 g/mol. The maximum absolute atomic E-state index is 12.5. The third-order valence-electron chi connectivity index (χ3n) is 5.59. The van der Waals surface area contributed by atoms with E-state index in [4.69, 9.17) is 9.47 Å². The number of hydrogen-bond acceptors (Lipinski definition) is 6. The molecule has 1 atom stereocenters. The summed E-state index contributed by atoms with van der Waals surface area (Å²) in [5, 5.41) is 0. The highest BCUT2D eigenvalue weighted by Crippen LogP contribution is 2.37. The van der Waals surface area contributed by atoms with Crippen LogP contribution in [0.2, 0.25) is 0 Å². The molecule has 0 amide bonds. The van der Waals surface area contributed by atoms with Crippen molar-refractivity contribution in [3.8, 4) is 11.5 Å². The van der Waals surface area contributed by atoms with Crippen LogP contribution in [0.3, 0.4) is 0 Å². The van der Waals surface area contributed by atoms with Crippen LogP contribution >= 0.6 is 0 Å². The quantitative estimate of drug-likeness (QED) is 0.449. The zero-order valence-electron chi connectivity index (χ0n) is 18.1. The largest absolute Gasteiger partial charge is 0.493 e. The fourth-order valence-electron chi connectivity index (χ4n) is 3.87. The standard InChI is InChI=1S/C24H28O6S/c1-16-4-10-23-20(14-16)19(12-13-31(23,27)28)8-11-24(26)30-21-9-7-18(6-5-17(2)25)15-22(21)29-3/h4,7,9-10,14-15,19H,5-6,8,11-13H2,1-3H3. The van der Waals surface area contributed by atoms with Crippen LogP contribution in [0, 0.1) is 6.92 Å². The van der Waals surface area contributed by atoms with Crippen LogP contribution < -0.4 is 9.47 Å². The molecule has 0 saturated heterocycles. The molecular formula is C24H28O6S. The number of hydrogen-bond donors (Lipinski definition) is 0. The third kappa shape index (κ3) is 5.73. The predicted molar refractivity (Wildman–Crippen MR) is 117 cm³/mol. The Morgan fingerprint density at radius 3 is 2.55 bits per heavy atom. The lowest BCUT2D eigenvalue weighted by molar-refractivity contribution is -0.134. The summed E-state index contributed by atoms with van der Waals surface area (Å²) in [4.78, 5) is 24.1. The van der Waals surface area contributed by atoms with Crippen LogP contribution in [0.4, 0.5) is 0 Å². The number of methoxy groups -OCH3 is 1. The van der Waals surface area contributed by atoms with E-state index in [9.17, 15) is 18.0 Å². The Bertz CT molecular complexity index is 1090. The normalized spacial score (nSPS) is 16.9. The van der Waals surface area contributed by atoms with E-state index in [1.807, 2.05) is 19.1 Å². The molecule has 166 valence electrons. The van der Waals surface area contributed by atoms with E-state index in [1.54, 1.807) is 31.2 Å². The van der Waals surface area contributed by atoms with Crippen LogP contribution in [0.5, 0.6) is 11.5 Å². The molecule has 0 aliphatic carbocycles. The van der Waals surface area contributed by atoms with Gasteiger partial charge in [0.25, 0.3) is 0 Å². The average Bonchev–Trinajstić information content (AvgIpc) is 2.72. The van der Waals surface area contributed by atoms with Crippen molar-refractivity contribution in [1.29, 1.82) is 0 Å². The number of carbonyl (C=O) groups excluding carboxylic acids is 2. The summed E-state index contributed by atoms with van der Waals surface area (Å²) in [6.07, 6.45) is 2.24. The Morgan fingerprint density at radius 1 is 1.06 bits per heavy atom. The molecule has 0 spiro atoms. The highest BCUT2D eigenvalue weighted by molar-refractivity contribution is 7.91. The van der Waals surface area contributed by atoms with Crippen LogP contribution in [0.25, 0.3) is 0 Å². The zero-order chi connectivity index (χ0) is 22.6. The molecule has 0 radical (unpaired) electrons. The van der Waals surface area contributed by atoms with Gasteiger partial charge in [0.2, 0.25) is 0 Å². The number of rotatable bonds is 8. The van der Waals surface area contributed by atoms with Gasteiger partial charge < -0.3 is 14.3 Å². The lowest BCUT2D eigenvalue weighted by Gasteiger charge is -2.25. The first-order valence-corrected chi connectivity index (χ1v) is 12.0. The molecule has 2 aromatic carbocycles. The Balaban J connectivity index is 1.66. The van der Waals surface area contributed by atoms with E-state index < -0.39 is 15.8 Å². The van der Waals surface area contributed by atoms with Crippen molar-refractivity contribution in [2.45, 2.75) is 56.8 Å². The van der Waals surface area contributed by atoms with Crippen LogP contribution in [0.15, 0.2) is 41.3 Å². The lowest BCUT2D eigenvalue weighted by Crippen LogP contribution is -2.21. The number of Topliss-reactive ketones (excluding diaryl/α,β-unsaturated/α-hetero) is 1. The fourth-order valence-corrected chi connectivity index (χ4v) is 5.55. The van der Waals surface area contributed by atoms with Crippen LogP contribution in [-0.2, 0) is 25.8 Å². The Morgan fingerprint density at radius 2 is 1.84 bits per heavy atom. The SMILES string of the molecule is COc1cc(CCC(C)=O)ccc1OC(=O)CCC1CCS(=O)(=O)c2ccc(C)cc21. The van der Waals surface area contributed by atoms with Crippen molar-refractivity contribution < 1.29 is 27.5 Å². The topological polar surface area (TPSA) is 86.7 Å². The Hall–Kier alpha value is -2.67. The van der Waals surface area contributed by atoms with Gasteiger partial charge in [-0.2, -0.15) is 0 Å². The van der Waals surface area contributed by atoms with Gasteiger partial charge in [-0.15, -0.1) is 0 Å². The van der Waals surface area contributed by atoms with Gasteiger partial charge >= 0.3 is 5.97 Å². The number of ketones is 1. The molecule has 0 fully saturated rings. The fraction of sp³-hybridized carbons (Fsp3) is 0.417. The molecule has 2 aromatic rings. The van der Waals surface area contributed by atoms with E-state index in [-0.39, 0.29) is 23.9 Å². The van der Waals surface area contributed by atoms with Crippen molar-refractivity contribution >= 4 is 21.6 Å². The molecule has 3 rings (SSSR count). The summed E-state index contributed by atoms with van der Waals surface area (Å²) >= 11 is 0. The molecule has 6 nitrogen and oxygen atoms in total. The first-order chi connectivity index (χ1) is 14.7. The molecule has 1 aliphatic heterocycles. The number of fused-ring (bicyclic) bond motifs is 1. The second kappa shape index (κ2) is 9.64. The van der Waals surface area contributed by atoms with E-state index in [0.29, 0.717) is 42.1 Å². The molecule has 0 N–H and O–H groups in total. The van der Waals surface area contributed by atoms with Gasteiger partial charge in [0, 0.05) is 12.8 Å². The molecule has 31 heavy (non-hydrogen) atoms. The van der Waals surface area contributed by atoms with Gasteiger partial charge in [0.15, 0.2) is 21.3 Å². The molecule has 0 aromatic heterocycles. The summed E-state index contributed by atoms with van der Waals surface area (Å²) in [7, 11) is -1.75. The van der Waals surface area contributed by atoms with Gasteiger partial charge in [-0.1, -0.05) is 23.8 Å². The highest BCUT2D eigenvalue weighted by atomic mass is 32.2. The molecule has 0 bridgehead atoms. The second-order valence-electron chi connectivity index (χ2n) is 8.05. The number of aryl methyl sites for hydroxylation is 2. The molecule has 1 aliphatic rings. The van der Waals surface area contributed by atoms with Crippen molar-refractivity contribution in [3.05, 3.63) is 53.1 Å². The van der Waals surface area contributed by atoms with Crippen molar-refractivity contribution in [1.82, 2.24) is 0 Å². The van der Waals surface area contributed by atoms with E-state index in [0.717, 1.165) is 16.7 Å². The summed E-state index contributed by atoms with van der Waals surface area (Å²) in [5.41, 5.74) is 2.73. The van der Waals surface area contributed by atoms with E-state index in [2.05, 4.69) is 0 Å².